The molecule has 176 valence electrons. The Morgan fingerprint density at radius 3 is 2.47 bits per heavy atom. The largest absolute Gasteiger partial charge is 0.442 e. The molecule has 1 unspecified atom stereocenters. The molecule has 1 saturated carbocycles. The maximum atomic E-state index is 15.1. The Balaban J connectivity index is 1.41. The zero-order valence-corrected chi connectivity index (χ0v) is 18.2. The number of rotatable bonds is 5. The minimum absolute atomic E-state index is 0.000557. The first-order valence-electron chi connectivity index (χ1n) is 10.9. The molecule has 2 aromatic carbocycles. The molecule has 10 heteroatoms. The highest BCUT2D eigenvalue weighted by Crippen LogP contribution is 2.63. The van der Waals surface area contributed by atoms with E-state index in [2.05, 4.69) is 15.5 Å². The van der Waals surface area contributed by atoms with Gasteiger partial charge >= 0.3 is 6.09 Å². The molecule has 5 rings (SSSR count). The molecular formula is C24H21F3N4O3. The van der Waals surface area contributed by atoms with Crippen molar-refractivity contribution in [1.82, 2.24) is 10.6 Å². The molecule has 4 atom stereocenters. The van der Waals surface area contributed by atoms with Crippen LogP contribution in [0.15, 0.2) is 30.3 Å². The van der Waals surface area contributed by atoms with E-state index >= 15 is 13.2 Å². The van der Waals surface area contributed by atoms with Gasteiger partial charge in [-0.3, -0.25) is 9.69 Å². The summed E-state index contributed by atoms with van der Waals surface area (Å²) in [6.07, 6.45) is -1.44. The first-order valence-corrected chi connectivity index (χ1v) is 10.9. The second-order valence-corrected chi connectivity index (χ2v) is 8.84. The Morgan fingerprint density at radius 2 is 1.88 bits per heavy atom. The van der Waals surface area contributed by atoms with E-state index in [0.717, 1.165) is 23.1 Å². The van der Waals surface area contributed by atoms with Crippen LogP contribution < -0.4 is 15.5 Å². The van der Waals surface area contributed by atoms with Crippen LogP contribution in [0, 0.1) is 35.9 Å². The molecule has 2 N–H and O–H groups in total. The zero-order chi connectivity index (χ0) is 24.2. The number of carbonyl (C=O) groups excluding carboxylic acids is 2. The predicted molar refractivity (Wildman–Crippen MR) is 116 cm³/mol. The lowest BCUT2D eigenvalue weighted by atomic mass is 9.95. The van der Waals surface area contributed by atoms with E-state index in [1.54, 1.807) is 0 Å². The number of piperidine rings is 1. The summed E-state index contributed by atoms with van der Waals surface area (Å²) in [7, 11) is 0. The van der Waals surface area contributed by atoms with E-state index < -0.39 is 40.8 Å². The number of cyclic esters (lactones) is 1. The van der Waals surface area contributed by atoms with Gasteiger partial charge in [0.25, 0.3) is 5.54 Å². The Labute approximate surface area is 193 Å². The predicted octanol–water partition coefficient (Wildman–Crippen LogP) is 3.20. The third-order valence-electron chi connectivity index (χ3n) is 6.90. The lowest BCUT2D eigenvalue weighted by Crippen LogP contribution is -2.33. The number of hydrogen-bond donors (Lipinski definition) is 2. The summed E-state index contributed by atoms with van der Waals surface area (Å²) in [6.45, 7) is 10.3. The van der Waals surface area contributed by atoms with Crippen LogP contribution in [0.25, 0.3) is 16.0 Å². The lowest BCUT2D eigenvalue weighted by molar-refractivity contribution is -0.119. The Morgan fingerprint density at radius 1 is 1.21 bits per heavy atom. The number of benzene rings is 2. The molecule has 2 saturated heterocycles. The summed E-state index contributed by atoms with van der Waals surface area (Å²) in [5.41, 5.74) is -1.13. The number of carbonyl (C=O) groups is 2. The van der Waals surface area contributed by atoms with Gasteiger partial charge in [0.05, 0.1) is 41.7 Å². The van der Waals surface area contributed by atoms with E-state index in [-0.39, 0.29) is 47.6 Å². The fraction of sp³-hybridized carbons (Fsp3) is 0.375. The van der Waals surface area contributed by atoms with Gasteiger partial charge in [0, 0.05) is 20.0 Å². The number of hydrogen-bond acceptors (Lipinski definition) is 4. The summed E-state index contributed by atoms with van der Waals surface area (Å²) in [4.78, 5) is 28.0. The molecule has 2 amide bonds. The van der Waals surface area contributed by atoms with Crippen LogP contribution in [-0.2, 0) is 15.1 Å². The fourth-order valence-corrected chi connectivity index (χ4v) is 5.22. The highest BCUT2D eigenvalue weighted by Gasteiger charge is 2.76. The lowest BCUT2D eigenvalue weighted by Gasteiger charge is -2.16. The van der Waals surface area contributed by atoms with Crippen molar-refractivity contribution in [2.24, 2.45) is 11.8 Å². The van der Waals surface area contributed by atoms with Crippen LogP contribution in [-0.4, -0.2) is 44.3 Å². The monoisotopic (exact) mass is 470 g/mol. The average Bonchev–Trinajstić information content (AvgIpc) is 3.10. The summed E-state index contributed by atoms with van der Waals surface area (Å²) in [5.74, 6) is -2.83. The third-order valence-corrected chi connectivity index (χ3v) is 6.90. The standard InChI is InChI=1S/C24H21F3N4O3/c1-12(32)30-8-15-11-31(23(33)34-15)14-6-20(26)22(21(27)7-14)13-3-4-16(19(25)5-13)24(28-2)17-9-29-10-18(17)24/h3-7,15,17-18,29H,8-11H2,1H3,(H,30,32)/t15-,17-,18+,24?/m0/s1. The minimum Gasteiger partial charge on any atom is -0.442 e. The highest BCUT2D eigenvalue weighted by molar-refractivity contribution is 5.90. The van der Waals surface area contributed by atoms with Crippen LogP contribution in [0.4, 0.5) is 23.7 Å². The maximum absolute atomic E-state index is 15.1. The number of fused-ring (bicyclic) bond motifs is 1. The van der Waals surface area contributed by atoms with E-state index in [1.165, 1.54) is 19.1 Å². The van der Waals surface area contributed by atoms with Crippen molar-refractivity contribution in [2.45, 2.75) is 18.6 Å². The van der Waals surface area contributed by atoms with E-state index in [1.807, 2.05) is 0 Å². The SMILES string of the molecule is [C-]#[N+]C1(c2ccc(-c3c(F)cc(N4C[C@H](CNC(C)=O)OC4=O)cc3F)cc2F)[C@@H]2CNC[C@@H]21. The topological polar surface area (TPSA) is 75.0 Å². The van der Waals surface area contributed by atoms with Gasteiger partial charge in [-0.2, -0.15) is 0 Å². The van der Waals surface area contributed by atoms with Gasteiger partial charge in [-0.15, -0.1) is 0 Å². The molecule has 0 radical (unpaired) electrons. The van der Waals surface area contributed by atoms with E-state index in [4.69, 9.17) is 11.3 Å². The van der Waals surface area contributed by atoms with Crippen LogP contribution in [0.3, 0.4) is 0 Å². The van der Waals surface area contributed by atoms with Gasteiger partial charge in [-0.05, 0) is 29.8 Å². The van der Waals surface area contributed by atoms with Crippen molar-refractivity contribution in [1.29, 1.82) is 0 Å². The molecule has 1 aliphatic carbocycles. The Hall–Kier alpha value is -3.58. The molecule has 0 aromatic heterocycles. The van der Waals surface area contributed by atoms with Gasteiger partial charge in [0.2, 0.25) is 5.91 Å². The van der Waals surface area contributed by atoms with Crippen LogP contribution in [0.5, 0.6) is 0 Å². The van der Waals surface area contributed by atoms with Gasteiger partial charge in [0.15, 0.2) is 0 Å². The van der Waals surface area contributed by atoms with Gasteiger partial charge in [-0.25, -0.2) is 24.5 Å². The van der Waals surface area contributed by atoms with Gasteiger partial charge in [-0.1, -0.05) is 6.07 Å². The first kappa shape index (κ1) is 22.2. The van der Waals surface area contributed by atoms with Crippen LogP contribution >= 0.6 is 0 Å². The fourth-order valence-electron chi connectivity index (χ4n) is 5.22. The van der Waals surface area contributed by atoms with E-state index in [9.17, 15) is 9.59 Å². The number of amides is 2. The Kier molecular flexibility index (Phi) is 5.24. The number of ether oxygens (including phenoxy) is 1. The van der Waals surface area contributed by atoms with Gasteiger partial charge < -0.3 is 20.2 Å². The second kappa shape index (κ2) is 8.02. The quantitative estimate of drug-likeness (QED) is 0.659. The number of nitrogens with one attached hydrogen (secondary N) is 2. The zero-order valence-electron chi connectivity index (χ0n) is 18.2. The minimum atomic E-state index is -0.965. The Bertz CT molecular complexity index is 1210. The van der Waals surface area contributed by atoms with Crippen molar-refractivity contribution in [2.75, 3.05) is 31.1 Å². The normalized spacial score (nSPS) is 27.2. The molecule has 7 nitrogen and oxygen atoms in total. The van der Waals surface area contributed by atoms with Gasteiger partial charge in [0.1, 0.15) is 23.6 Å². The number of nitrogens with zero attached hydrogens (tertiary/aromatic N) is 2. The average molecular weight is 470 g/mol. The van der Waals surface area contributed by atoms with Crippen LogP contribution in [0.2, 0.25) is 0 Å². The summed E-state index contributed by atoms with van der Waals surface area (Å²) >= 11 is 0. The number of anilines is 1. The smallest absolute Gasteiger partial charge is 0.414 e. The molecular weight excluding hydrogens is 449 g/mol. The molecule has 3 aliphatic rings. The van der Waals surface area contributed by atoms with Crippen molar-refractivity contribution < 1.29 is 27.5 Å². The second-order valence-electron chi connectivity index (χ2n) is 8.84. The molecule has 3 fully saturated rings. The highest BCUT2D eigenvalue weighted by atomic mass is 19.1. The molecule has 0 spiro atoms. The molecule has 2 aliphatic heterocycles. The first-order chi connectivity index (χ1) is 16.3. The van der Waals surface area contributed by atoms with Crippen molar-refractivity contribution in [3.8, 4) is 11.1 Å². The van der Waals surface area contributed by atoms with Crippen molar-refractivity contribution in [3.63, 3.8) is 0 Å². The van der Waals surface area contributed by atoms with Crippen LogP contribution in [0.1, 0.15) is 12.5 Å². The molecule has 2 heterocycles. The summed E-state index contributed by atoms with van der Waals surface area (Å²) in [5, 5.41) is 5.70. The molecule has 2 aromatic rings. The van der Waals surface area contributed by atoms with E-state index in [0.29, 0.717) is 13.1 Å². The summed E-state index contributed by atoms with van der Waals surface area (Å²) in [6, 6.07) is 5.89. The molecule has 0 bridgehead atoms. The summed E-state index contributed by atoms with van der Waals surface area (Å²) < 4.78 is 50.2. The molecule has 34 heavy (non-hydrogen) atoms. The van der Waals surface area contributed by atoms with Crippen molar-refractivity contribution in [3.05, 3.63) is 64.8 Å². The maximum Gasteiger partial charge on any atom is 0.414 e. The third kappa shape index (κ3) is 3.39. The number of halogens is 3. The van der Waals surface area contributed by atoms with Crippen molar-refractivity contribution >= 4 is 17.7 Å².